The topological polar surface area (TPSA) is 30.9 Å². The zero-order valence-corrected chi connectivity index (χ0v) is 8.88. The number of benzene rings is 1. The van der Waals surface area contributed by atoms with Crippen LogP contribution in [0.15, 0.2) is 24.3 Å². The molecule has 0 aliphatic rings. The van der Waals surface area contributed by atoms with E-state index in [1.807, 2.05) is 19.2 Å². The van der Waals surface area contributed by atoms with E-state index >= 15 is 0 Å². The van der Waals surface area contributed by atoms with Crippen molar-refractivity contribution in [3.63, 3.8) is 0 Å². The maximum Gasteiger partial charge on any atom is 0.0669 e. The van der Waals surface area contributed by atoms with Crippen LogP contribution in [0, 0.1) is 0 Å². The first-order valence-corrected chi connectivity index (χ1v) is 5.04. The van der Waals surface area contributed by atoms with E-state index in [1.165, 1.54) is 11.1 Å². The molecule has 1 heterocycles. The highest BCUT2D eigenvalue weighted by Gasteiger charge is 2.07. The zero-order chi connectivity index (χ0) is 10.1. The van der Waals surface area contributed by atoms with Gasteiger partial charge in [0.15, 0.2) is 0 Å². The first-order valence-electron chi connectivity index (χ1n) is 4.67. The van der Waals surface area contributed by atoms with Crippen molar-refractivity contribution in [1.29, 1.82) is 0 Å². The number of fused-ring (bicyclic) bond motifs is 1. The molecular weight excluding hydrogens is 196 g/mol. The van der Waals surface area contributed by atoms with Crippen LogP contribution in [-0.2, 0) is 13.5 Å². The van der Waals surface area contributed by atoms with Gasteiger partial charge in [0.05, 0.1) is 10.5 Å². The van der Waals surface area contributed by atoms with Gasteiger partial charge < -0.3 is 10.3 Å². The van der Waals surface area contributed by atoms with E-state index in [4.69, 9.17) is 17.3 Å². The Kier molecular flexibility index (Phi) is 2.48. The first-order chi connectivity index (χ1) is 6.74. The van der Waals surface area contributed by atoms with Crippen molar-refractivity contribution in [3.05, 3.63) is 35.0 Å². The summed E-state index contributed by atoms with van der Waals surface area (Å²) in [5, 5.41) is 1.98. The summed E-state index contributed by atoms with van der Waals surface area (Å²) in [6.45, 7) is 0.668. The lowest BCUT2D eigenvalue weighted by Gasteiger charge is -2.03. The fourth-order valence-corrected chi connectivity index (χ4v) is 2.12. The molecule has 14 heavy (non-hydrogen) atoms. The summed E-state index contributed by atoms with van der Waals surface area (Å²) >= 11 is 6.12. The Balaban J connectivity index is 2.68. The van der Waals surface area contributed by atoms with Gasteiger partial charge >= 0.3 is 0 Å². The molecule has 0 fully saturated rings. The number of hydrogen-bond acceptors (Lipinski definition) is 1. The lowest BCUT2D eigenvalue weighted by molar-refractivity contribution is 0.827. The van der Waals surface area contributed by atoms with Gasteiger partial charge in [-0.15, -0.1) is 0 Å². The Labute approximate surface area is 88.3 Å². The van der Waals surface area contributed by atoms with Crippen molar-refractivity contribution < 1.29 is 0 Å². The van der Waals surface area contributed by atoms with Crippen molar-refractivity contribution in [2.75, 3.05) is 6.54 Å². The number of para-hydroxylation sites is 1. The van der Waals surface area contributed by atoms with Crippen LogP contribution < -0.4 is 5.73 Å². The normalized spacial score (nSPS) is 11.1. The highest BCUT2D eigenvalue weighted by atomic mass is 35.5. The summed E-state index contributed by atoms with van der Waals surface area (Å²) in [5.41, 5.74) is 7.87. The minimum atomic E-state index is 0.668. The standard InChI is InChI=1S/C11H13ClN2/c1-14-9(5-6-13)7-8-3-2-4-10(12)11(8)14/h2-4,7H,5-6,13H2,1H3. The molecule has 0 spiro atoms. The first kappa shape index (κ1) is 9.56. The van der Waals surface area contributed by atoms with Crippen LogP contribution in [-0.4, -0.2) is 11.1 Å². The van der Waals surface area contributed by atoms with Gasteiger partial charge in [0.1, 0.15) is 0 Å². The van der Waals surface area contributed by atoms with Crippen LogP contribution in [0.1, 0.15) is 5.69 Å². The molecule has 1 aromatic carbocycles. The molecule has 0 saturated heterocycles. The molecule has 0 atom stereocenters. The van der Waals surface area contributed by atoms with Crippen molar-refractivity contribution in [1.82, 2.24) is 4.57 Å². The molecule has 3 heteroatoms. The second-order valence-electron chi connectivity index (χ2n) is 3.41. The Hall–Kier alpha value is -0.990. The SMILES string of the molecule is Cn1c(CCN)cc2cccc(Cl)c21. The molecule has 1 aromatic heterocycles. The summed E-state index contributed by atoms with van der Waals surface area (Å²) in [5.74, 6) is 0. The van der Waals surface area contributed by atoms with Crippen molar-refractivity contribution >= 4 is 22.5 Å². The predicted octanol–water partition coefficient (Wildman–Crippen LogP) is 2.33. The van der Waals surface area contributed by atoms with Crippen LogP contribution in [0.4, 0.5) is 0 Å². The Morgan fingerprint density at radius 3 is 2.86 bits per heavy atom. The molecule has 2 rings (SSSR count). The molecule has 74 valence electrons. The van der Waals surface area contributed by atoms with Gasteiger partial charge in [0.25, 0.3) is 0 Å². The third kappa shape index (κ3) is 1.41. The van der Waals surface area contributed by atoms with E-state index in [0.29, 0.717) is 6.54 Å². The van der Waals surface area contributed by atoms with E-state index in [2.05, 4.69) is 16.7 Å². The summed E-state index contributed by atoms with van der Waals surface area (Å²) in [6, 6.07) is 8.10. The van der Waals surface area contributed by atoms with Crippen LogP contribution >= 0.6 is 11.6 Å². The van der Waals surface area contributed by atoms with Gasteiger partial charge in [-0.2, -0.15) is 0 Å². The van der Waals surface area contributed by atoms with Crippen LogP contribution in [0.5, 0.6) is 0 Å². The van der Waals surface area contributed by atoms with Gasteiger partial charge in [0, 0.05) is 18.1 Å². The Morgan fingerprint density at radius 2 is 2.21 bits per heavy atom. The summed E-state index contributed by atoms with van der Waals surface area (Å²) < 4.78 is 2.12. The molecule has 0 radical (unpaired) electrons. The highest BCUT2D eigenvalue weighted by Crippen LogP contribution is 2.25. The fourth-order valence-electron chi connectivity index (χ4n) is 1.81. The molecule has 0 amide bonds. The van der Waals surface area contributed by atoms with E-state index in [0.717, 1.165) is 17.0 Å². The van der Waals surface area contributed by atoms with E-state index < -0.39 is 0 Å². The van der Waals surface area contributed by atoms with Gasteiger partial charge in [-0.3, -0.25) is 0 Å². The third-order valence-corrected chi connectivity index (χ3v) is 2.81. The quantitative estimate of drug-likeness (QED) is 0.807. The smallest absolute Gasteiger partial charge is 0.0669 e. The lowest BCUT2D eigenvalue weighted by Crippen LogP contribution is -2.06. The maximum absolute atomic E-state index is 6.12. The number of aryl methyl sites for hydroxylation is 1. The van der Waals surface area contributed by atoms with E-state index in [9.17, 15) is 0 Å². The number of nitrogens with zero attached hydrogens (tertiary/aromatic N) is 1. The lowest BCUT2D eigenvalue weighted by atomic mass is 10.2. The average Bonchev–Trinajstić information content (AvgIpc) is 2.46. The summed E-state index contributed by atoms with van der Waals surface area (Å²) in [6.07, 6.45) is 0.890. The van der Waals surface area contributed by atoms with Crippen LogP contribution in [0.2, 0.25) is 5.02 Å². The minimum Gasteiger partial charge on any atom is -0.346 e. The second kappa shape index (κ2) is 3.64. The van der Waals surface area contributed by atoms with Crippen LogP contribution in [0.25, 0.3) is 10.9 Å². The molecule has 2 N–H and O–H groups in total. The monoisotopic (exact) mass is 208 g/mol. The van der Waals surface area contributed by atoms with E-state index in [-0.39, 0.29) is 0 Å². The van der Waals surface area contributed by atoms with Gasteiger partial charge in [0.2, 0.25) is 0 Å². The molecule has 0 bridgehead atoms. The summed E-state index contributed by atoms with van der Waals surface area (Å²) in [7, 11) is 2.03. The van der Waals surface area contributed by atoms with Gasteiger partial charge in [-0.25, -0.2) is 0 Å². The maximum atomic E-state index is 6.12. The number of aromatic nitrogens is 1. The molecule has 2 nitrogen and oxygen atoms in total. The Bertz CT molecular complexity index is 460. The molecule has 0 aliphatic heterocycles. The average molecular weight is 209 g/mol. The second-order valence-corrected chi connectivity index (χ2v) is 3.82. The molecule has 0 aliphatic carbocycles. The van der Waals surface area contributed by atoms with Crippen molar-refractivity contribution in [3.8, 4) is 0 Å². The van der Waals surface area contributed by atoms with Gasteiger partial charge in [-0.05, 0) is 25.1 Å². The number of rotatable bonds is 2. The van der Waals surface area contributed by atoms with Crippen molar-refractivity contribution in [2.45, 2.75) is 6.42 Å². The zero-order valence-electron chi connectivity index (χ0n) is 8.13. The molecular formula is C11H13ClN2. The highest BCUT2D eigenvalue weighted by molar-refractivity contribution is 6.35. The fraction of sp³-hybridized carbons (Fsp3) is 0.273. The largest absolute Gasteiger partial charge is 0.346 e. The minimum absolute atomic E-state index is 0.668. The Morgan fingerprint density at radius 1 is 1.43 bits per heavy atom. The van der Waals surface area contributed by atoms with Crippen molar-refractivity contribution in [2.24, 2.45) is 12.8 Å². The summed E-state index contributed by atoms with van der Waals surface area (Å²) in [4.78, 5) is 0. The number of hydrogen-bond donors (Lipinski definition) is 1. The number of halogens is 1. The third-order valence-electron chi connectivity index (χ3n) is 2.51. The van der Waals surface area contributed by atoms with E-state index in [1.54, 1.807) is 0 Å². The molecule has 0 unspecified atom stereocenters. The predicted molar refractivity (Wildman–Crippen MR) is 60.7 cm³/mol. The number of nitrogens with two attached hydrogens (primary N) is 1. The van der Waals surface area contributed by atoms with Crippen LogP contribution in [0.3, 0.4) is 0 Å². The molecule has 2 aromatic rings. The van der Waals surface area contributed by atoms with Gasteiger partial charge in [-0.1, -0.05) is 23.7 Å². The molecule has 0 saturated carbocycles.